The Morgan fingerprint density at radius 3 is 2.32 bits per heavy atom. The second kappa shape index (κ2) is 10.6. The molecule has 1 aliphatic rings. The summed E-state index contributed by atoms with van der Waals surface area (Å²) in [5, 5.41) is 2.39. The molecule has 1 aliphatic heterocycles. The van der Waals surface area contributed by atoms with Crippen LogP contribution in [-0.4, -0.2) is 46.6 Å². The number of hydrogen-bond acceptors (Lipinski definition) is 2. The Balaban J connectivity index is 0.000000344. The molecule has 0 aromatic rings. The lowest BCUT2D eigenvalue weighted by Gasteiger charge is -2.24. The Bertz CT molecular complexity index is 288. The Labute approximate surface area is 129 Å². The molecule has 4 nitrogen and oxygen atoms in total. The van der Waals surface area contributed by atoms with Gasteiger partial charge in [0.05, 0.1) is 5.38 Å². The van der Waals surface area contributed by atoms with Crippen molar-refractivity contribution in [2.75, 3.05) is 19.6 Å². The lowest BCUT2D eigenvalue weighted by atomic mass is 10.2. The minimum Gasteiger partial charge on any atom is -0.346 e. The summed E-state index contributed by atoms with van der Waals surface area (Å²) in [6.45, 7) is 5.81. The minimum absolute atomic E-state index is 0.0757. The highest BCUT2D eigenvalue weighted by atomic mass is 35.5. The SMILES string of the molecule is CCCCC(Cl)C(Cl)Cl.CCN1CCNC(=O)C1=O. The zero-order valence-corrected chi connectivity index (χ0v) is 13.6. The van der Waals surface area contributed by atoms with Crippen LogP contribution in [0.3, 0.4) is 0 Å². The molecule has 0 aliphatic carbocycles. The van der Waals surface area contributed by atoms with E-state index in [9.17, 15) is 9.59 Å². The van der Waals surface area contributed by atoms with Crippen LogP contribution in [0.5, 0.6) is 0 Å². The van der Waals surface area contributed by atoms with E-state index in [0.717, 1.165) is 19.3 Å². The fourth-order valence-electron chi connectivity index (χ4n) is 1.45. The summed E-state index contributed by atoms with van der Waals surface area (Å²) in [5.41, 5.74) is 0. The van der Waals surface area contributed by atoms with Gasteiger partial charge in [-0.25, -0.2) is 0 Å². The summed E-state index contributed by atoms with van der Waals surface area (Å²) in [5.74, 6) is -0.887. The van der Waals surface area contributed by atoms with Crippen LogP contribution in [0.25, 0.3) is 0 Å². The third kappa shape index (κ3) is 7.85. The smallest absolute Gasteiger partial charge is 0.311 e. The van der Waals surface area contributed by atoms with Crippen LogP contribution in [0.1, 0.15) is 33.1 Å². The number of alkyl halides is 3. The van der Waals surface area contributed by atoms with E-state index < -0.39 is 16.7 Å². The van der Waals surface area contributed by atoms with Crippen molar-refractivity contribution in [1.82, 2.24) is 10.2 Å². The lowest BCUT2D eigenvalue weighted by molar-refractivity contribution is -0.147. The molecule has 7 heteroatoms. The van der Waals surface area contributed by atoms with E-state index >= 15 is 0 Å². The number of rotatable bonds is 5. The number of likely N-dealkylation sites (N-methyl/N-ethyl adjacent to an activating group) is 1. The molecule has 0 bridgehead atoms. The standard InChI is InChI=1S/C6H11Cl3.C6H10N2O2/c1-2-3-4-5(7)6(8)9;1-2-8-4-3-7-5(9)6(8)10/h5-6H,2-4H2,1H3;2-4H2,1H3,(H,7,9). The molecule has 1 N–H and O–H groups in total. The van der Waals surface area contributed by atoms with Gasteiger partial charge in [-0.3, -0.25) is 9.59 Å². The van der Waals surface area contributed by atoms with Crippen molar-refractivity contribution in [2.45, 2.75) is 43.3 Å². The minimum atomic E-state index is -0.479. The van der Waals surface area contributed by atoms with Crippen LogP contribution in [0, 0.1) is 0 Å². The van der Waals surface area contributed by atoms with Gasteiger partial charge in [-0.05, 0) is 13.3 Å². The molecule has 0 saturated carbocycles. The quantitative estimate of drug-likeness (QED) is 0.622. The Hall–Kier alpha value is -0.190. The van der Waals surface area contributed by atoms with Gasteiger partial charge in [0.15, 0.2) is 0 Å². The van der Waals surface area contributed by atoms with Gasteiger partial charge in [-0.15, -0.1) is 34.8 Å². The average Bonchev–Trinajstić information content (AvgIpc) is 2.39. The lowest BCUT2D eigenvalue weighted by Crippen LogP contribution is -2.51. The van der Waals surface area contributed by atoms with Crippen molar-refractivity contribution in [3.05, 3.63) is 0 Å². The van der Waals surface area contributed by atoms with Gasteiger partial charge in [0.25, 0.3) is 0 Å². The van der Waals surface area contributed by atoms with Gasteiger partial charge in [0.1, 0.15) is 4.84 Å². The van der Waals surface area contributed by atoms with Crippen LogP contribution in [0.4, 0.5) is 0 Å². The van der Waals surface area contributed by atoms with Crippen molar-refractivity contribution >= 4 is 46.6 Å². The van der Waals surface area contributed by atoms with Gasteiger partial charge in [0.2, 0.25) is 0 Å². The first-order valence-electron chi connectivity index (χ1n) is 6.43. The zero-order valence-electron chi connectivity index (χ0n) is 11.3. The highest BCUT2D eigenvalue weighted by Gasteiger charge is 2.23. The molecule has 19 heavy (non-hydrogen) atoms. The third-order valence-electron chi connectivity index (χ3n) is 2.64. The molecule has 1 fully saturated rings. The number of carbonyl (C=O) groups excluding carboxylic acids is 2. The molecule has 0 radical (unpaired) electrons. The number of halogens is 3. The van der Waals surface area contributed by atoms with E-state index in [-0.39, 0.29) is 5.38 Å². The van der Waals surface area contributed by atoms with Gasteiger partial charge >= 0.3 is 11.8 Å². The first-order chi connectivity index (χ1) is 8.93. The van der Waals surface area contributed by atoms with E-state index in [2.05, 4.69) is 12.2 Å². The van der Waals surface area contributed by atoms with Crippen molar-refractivity contribution in [2.24, 2.45) is 0 Å². The molecule has 0 spiro atoms. The highest BCUT2D eigenvalue weighted by molar-refractivity contribution is 6.48. The van der Waals surface area contributed by atoms with Crippen molar-refractivity contribution in [1.29, 1.82) is 0 Å². The molecule has 0 aromatic heterocycles. The normalized spacial score (nSPS) is 16.8. The summed E-state index contributed by atoms with van der Waals surface area (Å²) in [6, 6.07) is 0. The Morgan fingerprint density at radius 1 is 1.26 bits per heavy atom. The van der Waals surface area contributed by atoms with E-state index in [0.29, 0.717) is 19.6 Å². The van der Waals surface area contributed by atoms with E-state index in [1.807, 2.05) is 6.92 Å². The Kier molecular flexibility index (Phi) is 10.5. The predicted molar refractivity (Wildman–Crippen MR) is 79.9 cm³/mol. The van der Waals surface area contributed by atoms with Crippen LogP contribution in [-0.2, 0) is 9.59 Å². The van der Waals surface area contributed by atoms with Crippen LogP contribution >= 0.6 is 34.8 Å². The summed E-state index contributed by atoms with van der Waals surface area (Å²) in [7, 11) is 0. The number of carbonyl (C=O) groups is 2. The molecule has 2 amide bonds. The van der Waals surface area contributed by atoms with E-state index in [4.69, 9.17) is 34.8 Å². The third-order valence-corrected chi connectivity index (χ3v) is 3.97. The zero-order chi connectivity index (χ0) is 14.8. The molecule has 112 valence electrons. The first-order valence-corrected chi connectivity index (χ1v) is 7.74. The molecule has 1 atom stereocenters. The second-order valence-electron chi connectivity index (χ2n) is 4.13. The average molecular weight is 332 g/mol. The number of piperazine rings is 1. The maximum Gasteiger partial charge on any atom is 0.311 e. The molecule has 0 aromatic carbocycles. The molecule has 1 heterocycles. The molecular formula is C12H21Cl3N2O2. The number of nitrogens with zero attached hydrogens (tertiary/aromatic N) is 1. The largest absolute Gasteiger partial charge is 0.346 e. The van der Waals surface area contributed by atoms with Crippen LogP contribution < -0.4 is 5.32 Å². The summed E-state index contributed by atoms with van der Waals surface area (Å²) < 4.78 is 0. The summed E-state index contributed by atoms with van der Waals surface area (Å²) in [6.07, 6.45) is 3.16. The van der Waals surface area contributed by atoms with Gasteiger partial charge < -0.3 is 10.2 Å². The van der Waals surface area contributed by atoms with Gasteiger partial charge in [-0.1, -0.05) is 19.8 Å². The number of amides is 2. The van der Waals surface area contributed by atoms with Gasteiger partial charge in [-0.2, -0.15) is 0 Å². The van der Waals surface area contributed by atoms with Crippen molar-refractivity contribution in [3.63, 3.8) is 0 Å². The fraction of sp³-hybridized carbons (Fsp3) is 0.833. The van der Waals surface area contributed by atoms with Crippen LogP contribution in [0.15, 0.2) is 0 Å². The molecule has 1 rings (SSSR count). The predicted octanol–water partition coefficient (Wildman–Crippen LogP) is 2.55. The molecule has 1 unspecified atom stereocenters. The number of nitrogens with one attached hydrogen (secondary N) is 1. The first kappa shape index (κ1) is 18.8. The Morgan fingerprint density at radius 2 is 1.89 bits per heavy atom. The topological polar surface area (TPSA) is 49.4 Å². The maximum atomic E-state index is 10.9. The highest BCUT2D eigenvalue weighted by Crippen LogP contribution is 2.19. The van der Waals surface area contributed by atoms with Crippen LogP contribution in [0.2, 0.25) is 0 Å². The van der Waals surface area contributed by atoms with Crippen molar-refractivity contribution < 1.29 is 9.59 Å². The molecular weight excluding hydrogens is 311 g/mol. The summed E-state index contributed by atoms with van der Waals surface area (Å²) >= 11 is 16.7. The summed E-state index contributed by atoms with van der Waals surface area (Å²) in [4.78, 5) is 22.6. The second-order valence-corrected chi connectivity index (χ2v) is 5.86. The fourth-order valence-corrected chi connectivity index (χ4v) is 1.86. The number of unbranched alkanes of at least 4 members (excludes halogenated alkanes) is 1. The number of hydrogen-bond donors (Lipinski definition) is 1. The van der Waals surface area contributed by atoms with E-state index in [1.165, 1.54) is 4.90 Å². The van der Waals surface area contributed by atoms with Crippen molar-refractivity contribution in [3.8, 4) is 0 Å². The monoisotopic (exact) mass is 330 g/mol. The maximum absolute atomic E-state index is 10.9. The van der Waals surface area contributed by atoms with Gasteiger partial charge in [0, 0.05) is 19.6 Å². The molecule has 1 saturated heterocycles. The van der Waals surface area contributed by atoms with E-state index in [1.54, 1.807) is 0 Å².